The Morgan fingerprint density at radius 1 is 1.45 bits per heavy atom. The van der Waals surface area contributed by atoms with E-state index in [1.807, 2.05) is 0 Å². The fourth-order valence-electron chi connectivity index (χ4n) is 1.51. The lowest BCUT2D eigenvalue weighted by Crippen LogP contribution is -2.26. The third-order valence-corrected chi connectivity index (χ3v) is 3.22. The van der Waals surface area contributed by atoms with Crippen LogP contribution < -0.4 is 0 Å². The molecule has 11 heavy (non-hydrogen) atoms. The highest BCUT2D eigenvalue weighted by molar-refractivity contribution is 7.87. The molecule has 3 unspecified atom stereocenters. The fraction of sp³-hybridized carbons (Fsp3) is 0.667. The highest BCUT2D eigenvalue weighted by Gasteiger charge is 2.44. The molecular formula is C6H7FO3S. The van der Waals surface area contributed by atoms with Crippen molar-refractivity contribution in [3.05, 3.63) is 12.2 Å². The Morgan fingerprint density at radius 3 is 2.45 bits per heavy atom. The Bertz CT molecular complexity index is 295. The number of hydrogen-bond acceptors (Lipinski definition) is 3. The molecular weight excluding hydrogens is 171 g/mol. The number of hydrogen-bond donors (Lipinski definition) is 0. The van der Waals surface area contributed by atoms with E-state index >= 15 is 0 Å². The van der Waals surface area contributed by atoms with Crippen LogP contribution in [-0.2, 0) is 15.0 Å². The molecule has 0 aromatic heterocycles. The van der Waals surface area contributed by atoms with Gasteiger partial charge in [0.15, 0.2) is 0 Å². The van der Waals surface area contributed by atoms with Crippen molar-refractivity contribution in [2.24, 2.45) is 0 Å². The van der Waals surface area contributed by atoms with E-state index in [-0.39, 0.29) is 12.5 Å². The van der Waals surface area contributed by atoms with Gasteiger partial charge in [-0.15, -0.1) is 3.89 Å². The molecule has 1 saturated heterocycles. The minimum atomic E-state index is -4.41. The Kier molecular flexibility index (Phi) is 1.34. The van der Waals surface area contributed by atoms with Crippen molar-refractivity contribution in [3.63, 3.8) is 0 Å². The van der Waals surface area contributed by atoms with Crippen molar-refractivity contribution in [2.45, 2.75) is 23.9 Å². The summed E-state index contributed by atoms with van der Waals surface area (Å²) in [4.78, 5) is 0. The van der Waals surface area contributed by atoms with E-state index in [1.54, 1.807) is 12.2 Å². The summed E-state index contributed by atoms with van der Waals surface area (Å²) in [6, 6.07) is 0. The zero-order valence-electron chi connectivity index (χ0n) is 5.60. The molecule has 62 valence electrons. The van der Waals surface area contributed by atoms with Gasteiger partial charge in [-0.1, -0.05) is 12.2 Å². The van der Waals surface area contributed by atoms with E-state index < -0.39 is 21.6 Å². The first-order valence-corrected chi connectivity index (χ1v) is 4.79. The van der Waals surface area contributed by atoms with Crippen LogP contribution in [0.25, 0.3) is 0 Å². The summed E-state index contributed by atoms with van der Waals surface area (Å²) in [5.41, 5.74) is 0. The second-order valence-corrected chi connectivity index (χ2v) is 4.33. The topological polar surface area (TPSA) is 43.4 Å². The van der Waals surface area contributed by atoms with E-state index in [2.05, 4.69) is 0 Å². The van der Waals surface area contributed by atoms with Crippen molar-refractivity contribution in [2.75, 3.05) is 0 Å². The molecule has 2 bridgehead atoms. The monoisotopic (exact) mass is 178 g/mol. The molecule has 0 N–H and O–H groups in total. The van der Waals surface area contributed by atoms with Crippen LogP contribution in [0.15, 0.2) is 12.2 Å². The Labute approximate surface area is 64.1 Å². The SMILES string of the molecule is O=S(=O)(F)C1CC2C=CC1O2. The van der Waals surface area contributed by atoms with Crippen LogP contribution in [0, 0.1) is 0 Å². The molecule has 0 aromatic carbocycles. The Balaban J connectivity index is 2.28. The molecule has 0 amide bonds. The number of rotatable bonds is 1. The van der Waals surface area contributed by atoms with E-state index in [0.29, 0.717) is 0 Å². The van der Waals surface area contributed by atoms with Gasteiger partial charge < -0.3 is 4.74 Å². The van der Waals surface area contributed by atoms with Crippen molar-refractivity contribution in [3.8, 4) is 0 Å². The summed E-state index contributed by atoms with van der Waals surface area (Å²) in [5.74, 6) is 0. The molecule has 2 aliphatic heterocycles. The molecule has 3 nitrogen and oxygen atoms in total. The lowest BCUT2D eigenvalue weighted by molar-refractivity contribution is 0.121. The Morgan fingerprint density at radius 2 is 2.18 bits per heavy atom. The predicted molar refractivity (Wildman–Crippen MR) is 36.2 cm³/mol. The molecule has 0 aromatic rings. The zero-order chi connectivity index (χ0) is 8.06. The van der Waals surface area contributed by atoms with Crippen LogP contribution in [0.1, 0.15) is 6.42 Å². The molecule has 0 radical (unpaired) electrons. The van der Waals surface area contributed by atoms with Gasteiger partial charge in [0.2, 0.25) is 0 Å². The molecule has 5 heteroatoms. The van der Waals surface area contributed by atoms with Crippen molar-refractivity contribution in [1.29, 1.82) is 0 Å². The van der Waals surface area contributed by atoms with Gasteiger partial charge in [0, 0.05) is 0 Å². The van der Waals surface area contributed by atoms with Crippen LogP contribution in [0.4, 0.5) is 3.89 Å². The predicted octanol–water partition coefficient (Wildman–Crippen LogP) is 0.382. The smallest absolute Gasteiger partial charge is 0.308 e. The zero-order valence-corrected chi connectivity index (χ0v) is 6.42. The summed E-state index contributed by atoms with van der Waals surface area (Å²) in [7, 11) is -4.41. The first-order valence-electron chi connectivity index (χ1n) is 3.34. The van der Waals surface area contributed by atoms with Crippen molar-refractivity contribution < 1.29 is 17.0 Å². The van der Waals surface area contributed by atoms with Gasteiger partial charge in [0.25, 0.3) is 0 Å². The third-order valence-electron chi connectivity index (χ3n) is 2.04. The maximum absolute atomic E-state index is 12.4. The lowest BCUT2D eigenvalue weighted by Gasteiger charge is -2.08. The molecule has 2 heterocycles. The van der Waals surface area contributed by atoms with Crippen LogP contribution in [0.3, 0.4) is 0 Å². The fourth-order valence-corrected chi connectivity index (χ4v) is 2.40. The minimum Gasteiger partial charge on any atom is -0.365 e. The highest BCUT2D eigenvalue weighted by Crippen LogP contribution is 2.33. The average molecular weight is 178 g/mol. The average Bonchev–Trinajstić information content (AvgIpc) is 2.42. The standard InChI is InChI=1S/C6H7FO3S/c7-11(8,9)6-3-4-1-2-5(6)10-4/h1-2,4-6H,3H2. The van der Waals surface area contributed by atoms with Gasteiger partial charge in [-0.05, 0) is 6.42 Å². The van der Waals surface area contributed by atoms with E-state index in [1.165, 1.54) is 0 Å². The first kappa shape index (κ1) is 7.24. The third kappa shape index (κ3) is 1.08. The number of halogens is 1. The van der Waals surface area contributed by atoms with Crippen molar-refractivity contribution >= 4 is 10.2 Å². The molecule has 3 atom stereocenters. The van der Waals surface area contributed by atoms with Gasteiger partial charge in [-0.3, -0.25) is 0 Å². The Hall–Kier alpha value is -0.420. The maximum atomic E-state index is 12.4. The van der Waals surface area contributed by atoms with Gasteiger partial charge in [-0.25, -0.2) is 0 Å². The van der Waals surface area contributed by atoms with Gasteiger partial charge in [-0.2, -0.15) is 8.42 Å². The summed E-state index contributed by atoms with van der Waals surface area (Å²) < 4.78 is 38.4. The van der Waals surface area contributed by atoms with Crippen LogP contribution in [0.2, 0.25) is 0 Å². The molecule has 0 aliphatic carbocycles. The lowest BCUT2D eigenvalue weighted by atomic mass is 10.1. The van der Waals surface area contributed by atoms with Gasteiger partial charge >= 0.3 is 10.2 Å². The van der Waals surface area contributed by atoms with Crippen LogP contribution in [-0.4, -0.2) is 25.9 Å². The van der Waals surface area contributed by atoms with E-state index in [4.69, 9.17) is 4.74 Å². The second-order valence-electron chi connectivity index (χ2n) is 2.77. The van der Waals surface area contributed by atoms with E-state index in [0.717, 1.165) is 0 Å². The highest BCUT2D eigenvalue weighted by atomic mass is 32.3. The summed E-state index contributed by atoms with van der Waals surface area (Å²) in [5, 5.41) is -0.961. The number of ether oxygens (including phenoxy) is 1. The van der Waals surface area contributed by atoms with E-state index in [9.17, 15) is 12.3 Å². The normalized spacial score (nSPS) is 41.7. The van der Waals surface area contributed by atoms with Crippen LogP contribution >= 0.6 is 0 Å². The van der Waals surface area contributed by atoms with Gasteiger partial charge in [0.05, 0.1) is 12.2 Å². The van der Waals surface area contributed by atoms with Crippen molar-refractivity contribution in [1.82, 2.24) is 0 Å². The summed E-state index contributed by atoms with van der Waals surface area (Å²) in [6.07, 6.45) is 2.91. The largest absolute Gasteiger partial charge is 0.365 e. The molecule has 0 spiro atoms. The minimum absolute atomic E-state index is 0.185. The summed E-state index contributed by atoms with van der Waals surface area (Å²) >= 11 is 0. The quantitative estimate of drug-likeness (QED) is 0.430. The summed E-state index contributed by atoms with van der Waals surface area (Å²) in [6.45, 7) is 0. The second kappa shape index (κ2) is 2.04. The molecule has 2 rings (SSSR count). The first-order chi connectivity index (χ1) is 5.07. The molecule has 2 aliphatic rings. The van der Waals surface area contributed by atoms with Crippen LogP contribution in [0.5, 0.6) is 0 Å². The molecule has 1 fully saturated rings. The van der Waals surface area contributed by atoms with Gasteiger partial charge in [0.1, 0.15) is 5.25 Å². The maximum Gasteiger partial charge on any atom is 0.308 e. The number of fused-ring (bicyclic) bond motifs is 2. The molecule has 0 saturated carbocycles.